The van der Waals surface area contributed by atoms with E-state index >= 15 is 0 Å². The number of carbonyl (C=O) groups is 1. The van der Waals surface area contributed by atoms with Crippen LogP contribution in [0.2, 0.25) is 0 Å². The Kier molecular flexibility index (Phi) is 7.32. The Balaban J connectivity index is 1.52. The monoisotopic (exact) mass is 439 g/mol. The van der Waals surface area contributed by atoms with Crippen LogP contribution in [0.5, 0.6) is 5.75 Å². The molecule has 0 spiro atoms. The minimum absolute atomic E-state index is 0.226. The van der Waals surface area contributed by atoms with Crippen LogP contribution in [-0.2, 0) is 22.4 Å². The van der Waals surface area contributed by atoms with Gasteiger partial charge in [0, 0.05) is 56.7 Å². The molecule has 8 heteroatoms. The second-order valence-corrected chi connectivity index (χ2v) is 9.01. The van der Waals surface area contributed by atoms with E-state index in [0.29, 0.717) is 43.6 Å². The van der Waals surface area contributed by atoms with Crippen LogP contribution in [0.3, 0.4) is 0 Å². The molecule has 2 aromatic rings. The topological polar surface area (TPSA) is 80.7 Å². The van der Waals surface area contributed by atoms with Crippen LogP contribution in [0.1, 0.15) is 30.5 Å². The van der Waals surface area contributed by atoms with Gasteiger partial charge in [-0.15, -0.1) is 0 Å². The highest BCUT2D eigenvalue weighted by Gasteiger charge is 2.25. The zero-order valence-electron chi connectivity index (χ0n) is 19.3. The lowest BCUT2D eigenvalue weighted by molar-refractivity contribution is -0.118. The Morgan fingerprint density at radius 2 is 2.12 bits per heavy atom. The smallest absolute Gasteiger partial charge is 0.180 e. The number of carbonyl (C=O) groups excluding carboxylic acids is 1. The predicted molar refractivity (Wildman–Crippen MR) is 123 cm³/mol. The molecule has 0 bridgehead atoms. The van der Waals surface area contributed by atoms with Crippen molar-refractivity contribution in [2.75, 3.05) is 59.0 Å². The summed E-state index contributed by atoms with van der Waals surface area (Å²) in [5.74, 6) is 2.76. The van der Waals surface area contributed by atoms with Crippen molar-refractivity contribution in [3.05, 3.63) is 29.6 Å². The molecule has 2 aliphatic rings. The third-order valence-electron chi connectivity index (χ3n) is 5.99. The molecule has 0 amide bonds. The van der Waals surface area contributed by atoms with Gasteiger partial charge in [-0.2, -0.15) is 0 Å². The normalized spacial score (nSPS) is 17.6. The number of nitrogens with zero attached hydrogens (tertiary/aromatic N) is 5. The molecule has 8 nitrogen and oxygen atoms in total. The van der Waals surface area contributed by atoms with Crippen LogP contribution in [0.15, 0.2) is 18.3 Å². The number of pyridine rings is 1. The van der Waals surface area contributed by atoms with Crippen molar-refractivity contribution in [1.82, 2.24) is 19.9 Å². The molecule has 32 heavy (non-hydrogen) atoms. The molecule has 0 aromatic carbocycles. The molecule has 0 N–H and O–H groups in total. The lowest BCUT2D eigenvalue weighted by Crippen LogP contribution is -2.29. The van der Waals surface area contributed by atoms with Gasteiger partial charge < -0.3 is 19.3 Å². The fourth-order valence-electron chi connectivity index (χ4n) is 4.28. The number of hydrogen-bond donors (Lipinski definition) is 0. The second-order valence-electron chi connectivity index (χ2n) is 9.01. The first-order valence-electron chi connectivity index (χ1n) is 11.4. The van der Waals surface area contributed by atoms with Gasteiger partial charge in [-0.05, 0) is 51.8 Å². The van der Waals surface area contributed by atoms with Crippen LogP contribution in [0.4, 0.5) is 5.82 Å². The van der Waals surface area contributed by atoms with E-state index in [1.807, 2.05) is 38.2 Å². The van der Waals surface area contributed by atoms with Gasteiger partial charge in [0.05, 0.1) is 6.54 Å². The summed E-state index contributed by atoms with van der Waals surface area (Å²) >= 11 is 0. The van der Waals surface area contributed by atoms with Gasteiger partial charge in [0.2, 0.25) is 0 Å². The third kappa shape index (κ3) is 5.61. The van der Waals surface area contributed by atoms with Gasteiger partial charge in [0.15, 0.2) is 11.6 Å². The van der Waals surface area contributed by atoms with Crippen LogP contribution in [-0.4, -0.2) is 79.7 Å². The molecule has 1 aliphatic carbocycles. The van der Waals surface area contributed by atoms with Gasteiger partial charge in [-0.25, -0.2) is 9.97 Å². The van der Waals surface area contributed by atoms with Gasteiger partial charge >= 0.3 is 0 Å². The number of fused-ring (bicyclic) bond motifs is 1. The molecule has 1 atom stereocenters. The SMILES string of the molecule is CN(C)CCOc1ccnc(-c2nc3c(c(N(C)CC(=O)C[C@@H]4CCOC4)n2)CCC3)c1. The summed E-state index contributed by atoms with van der Waals surface area (Å²) in [4.78, 5) is 30.9. The number of aryl methyl sites for hydroxylation is 1. The Hall–Kier alpha value is -2.58. The maximum Gasteiger partial charge on any atom is 0.180 e. The zero-order chi connectivity index (χ0) is 22.5. The number of rotatable bonds is 10. The zero-order valence-corrected chi connectivity index (χ0v) is 19.3. The lowest BCUT2D eigenvalue weighted by atomic mass is 10.0. The van der Waals surface area contributed by atoms with E-state index in [4.69, 9.17) is 19.4 Å². The summed E-state index contributed by atoms with van der Waals surface area (Å²) < 4.78 is 11.3. The predicted octanol–water partition coefficient (Wildman–Crippen LogP) is 2.40. The average molecular weight is 440 g/mol. The molecular weight excluding hydrogens is 406 g/mol. The van der Waals surface area contributed by atoms with Gasteiger partial charge in [0.1, 0.15) is 23.9 Å². The van der Waals surface area contributed by atoms with E-state index in [0.717, 1.165) is 61.7 Å². The van der Waals surface area contributed by atoms with Crippen molar-refractivity contribution in [3.63, 3.8) is 0 Å². The summed E-state index contributed by atoms with van der Waals surface area (Å²) in [6, 6.07) is 3.74. The quantitative estimate of drug-likeness (QED) is 0.558. The van der Waals surface area contributed by atoms with Crippen molar-refractivity contribution in [1.29, 1.82) is 0 Å². The summed E-state index contributed by atoms with van der Waals surface area (Å²) in [7, 11) is 5.98. The Labute approximate surface area is 190 Å². The van der Waals surface area contributed by atoms with Crippen molar-refractivity contribution >= 4 is 11.6 Å². The molecular formula is C24H33N5O3. The lowest BCUT2D eigenvalue weighted by Gasteiger charge is -2.21. The highest BCUT2D eigenvalue weighted by molar-refractivity contribution is 5.83. The minimum atomic E-state index is 0.226. The van der Waals surface area contributed by atoms with E-state index in [2.05, 4.69) is 9.88 Å². The Morgan fingerprint density at radius 3 is 2.91 bits per heavy atom. The highest BCUT2D eigenvalue weighted by Crippen LogP contribution is 2.31. The molecule has 2 aromatic heterocycles. The maximum atomic E-state index is 12.7. The fraction of sp³-hybridized carbons (Fsp3) is 0.583. The van der Waals surface area contributed by atoms with E-state index in [9.17, 15) is 4.79 Å². The number of likely N-dealkylation sites (N-methyl/N-ethyl adjacent to an activating group) is 2. The molecule has 0 radical (unpaired) electrons. The molecule has 3 heterocycles. The first-order chi connectivity index (χ1) is 15.5. The first kappa shape index (κ1) is 22.6. The number of Topliss-reactive ketones (excluding diaryl/α,β-unsaturated/α-hetero) is 1. The summed E-state index contributed by atoms with van der Waals surface area (Å²) in [5.41, 5.74) is 2.91. The second kappa shape index (κ2) is 10.4. The molecule has 1 aliphatic heterocycles. The molecule has 0 unspecified atom stereocenters. The van der Waals surface area contributed by atoms with Crippen molar-refractivity contribution in [3.8, 4) is 17.3 Å². The molecule has 0 saturated carbocycles. The van der Waals surface area contributed by atoms with Gasteiger partial charge in [-0.1, -0.05) is 0 Å². The summed E-state index contributed by atoms with van der Waals surface area (Å²) in [6.07, 6.45) is 6.20. The Morgan fingerprint density at radius 1 is 1.25 bits per heavy atom. The van der Waals surface area contributed by atoms with Crippen molar-refractivity contribution in [2.45, 2.75) is 32.1 Å². The van der Waals surface area contributed by atoms with E-state index in [-0.39, 0.29) is 5.78 Å². The van der Waals surface area contributed by atoms with Gasteiger partial charge in [-0.3, -0.25) is 9.78 Å². The third-order valence-corrected chi connectivity index (χ3v) is 5.99. The number of ether oxygens (including phenoxy) is 2. The number of ketones is 1. The van der Waals surface area contributed by atoms with Crippen LogP contribution < -0.4 is 9.64 Å². The van der Waals surface area contributed by atoms with E-state index < -0.39 is 0 Å². The van der Waals surface area contributed by atoms with Crippen molar-refractivity contribution < 1.29 is 14.3 Å². The highest BCUT2D eigenvalue weighted by atomic mass is 16.5. The molecule has 172 valence electrons. The molecule has 1 saturated heterocycles. The number of anilines is 1. The van der Waals surface area contributed by atoms with Crippen LogP contribution >= 0.6 is 0 Å². The van der Waals surface area contributed by atoms with Gasteiger partial charge in [0.25, 0.3) is 0 Å². The number of hydrogen-bond acceptors (Lipinski definition) is 8. The molecule has 1 fully saturated rings. The molecule has 4 rings (SSSR count). The van der Waals surface area contributed by atoms with E-state index in [1.54, 1.807) is 6.20 Å². The van der Waals surface area contributed by atoms with Crippen molar-refractivity contribution in [2.24, 2.45) is 5.92 Å². The van der Waals surface area contributed by atoms with E-state index in [1.165, 1.54) is 0 Å². The first-order valence-corrected chi connectivity index (χ1v) is 11.4. The summed E-state index contributed by atoms with van der Waals surface area (Å²) in [5, 5.41) is 0. The largest absolute Gasteiger partial charge is 0.492 e. The Bertz CT molecular complexity index is 943. The standard InChI is InChI=1S/C24H33N5O3/c1-28(2)10-12-32-19-7-9-25-22(14-19)23-26-21-6-4-5-20(21)24(27-23)29(3)15-18(30)13-17-8-11-31-16-17/h7,9,14,17H,4-6,8,10-13,15-16H2,1-3H3/t17-/m0/s1. The summed E-state index contributed by atoms with van der Waals surface area (Å²) in [6.45, 7) is 3.25. The fourth-order valence-corrected chi connectivity index (χ4v) is 4.28. The van der Waals surface area contributed by atoms with Crippen LogP contribution in [0, 0.1) is 5.92 Å². The minimum Gasteiger partial charge on any atom is -0.492 e. The number of aromatic nitrogens is 3. The van der Waals surface area contributed by atoms with Crippen LogP contribution in [0.25, 0.3) is 11.5 Å². The maximum absolute atomic E-state index is 12.7. The average Bonchev–Trinajstić information content (AvgIpc) is 3.44.